The van der Waals surface area contributed by atoms with Crippen LogP contribution in [0.15, 0.2) is 24.3 Å². The maximum Gasteiger partial charge on any atom is 0.303 e. The molecule has 0 spiro atoms. The normalized spacial score (nSPS) is 14.4. The smallest absolute Gasteiger partial charge is 0.303 e. The molecule has 0 aromatic heterocycles. The zero-order valence-electron chi connectivity index (χ0n) is 8.64. The lowest BCUT2D eigenvalue weighted by molar-refractivity contribution is -0.137. The number of halogens is 1. The summed E-state index contributed by atoms with van der Waals surface area (Å²) in [6.07, 6.45) is -0.896. The van der Waals surface area contributed by atoms with Crippen LogP contribution in [0.2, 0.25) is 0 Å². The van der Waals surface area contributed by atoms with Gasteiger partial charge in [-0.2, -0.15) is 0 Å². The average Bonchev–Trinajstić information content (AvgIpc) is 2.26. The number of benzene rings is 1. The van der Waals surface area contributed by atoms with E-state index < -0.39 is 23.9 Å². The number of hydrogen-bond acceptors (Lipinski definition) is 3. The Hall–Kier alpha value is -1.46. The molecule has 1 aromatic rings. The Morgan fingerprint density at radius 2 is 1.94 bits per heavy atom. The van der Waals surface area contributed by atoms with Gasteiger partial charge < -0.3 is 15.9 Å². The van der Waals surface area contributed by atoms with E-state index in [0.717, 1.165) is 0 Å². The van der Waals surface area contributed by atoms with Crippen molar-refractivity contribution in [1.82, 2.24) is 0 Å². The number of carboxylic acids is 1. The highest BCUT2D eigenvalue weighted by molar-refractivity contribution is 5.66. The van der Waals surface area contributed by atoms with Gasteiger partial charge in [0.1, 0.15) is 5.82 Å². The predicted octanol–water partition coefficient (Wildman–Crippen LogP) is 1.05. The van der Waals surface area contributed by atoms with E-state index in [1.54, 1.807) is 0 Å². The summed E-state index contributed by atoms with van der Waals surface area (Å²) in [6, 6.07) is 4.65. The lowest BCUT2D eigenvalue weighted by atomic mass is 9.99. The molecule has 4 nitrogen and oxygen atoms in total. The summed E-state index contributed by atoms with van der Waals surface area (Å²) in [5.74, 6) is -1.35. The van der Waals surface area contributed by atoms with Crippen LogP contribution in [0.3, 0.4) is 0 Å². The first kappa shape index (κ1) is 12.6. The Labute approximate surface area is 92.5 Å². The van der Waals surface area contributed by atoms with Gasteiger partial charge in [0.25, 0.3) is 0 Å². The van der Waals surface area contributed by atoms with Crippen molar-refractivity contribution < 1.29 is 19.4 Å². The summed E-state index contributed by atoms with van der Waals surface area (Å²) in [4.78, 5) is 10.3. The van der Waals surface area contributed by atoms with E-state index in [1.807, 2.05) is 0 Å². The monoisotopic (exact) mass is 227 g/mol. The first-order chi connectivity index (χ1) is 7.50. The molecule has 0 aliphatic heterocycles. The third kappa shape index (κ3) is 3.60. The Kier molecular flexibility index (Phi) is 4.39. The summed E-state index contributed by atoms with van der Waals surface area (Å²) in [5, 5.41) is 18.2. The van der Waals surface area contributed by atoms with Gasteiger partial charge in [0.05, 0.1) is 6.10 Å². The molecule has 0 bridgehead atoms. The summed E-state index contributed by atoms with van der Waals surface area (Å²) in [6.45, 7) is 0. The van der Waals surface area contributed by atoms with Crippen LogP contribution in [0.25, 0.3) is 0 Å². The van der Waals surface area contributed by atoms with Crippen LogP contribution in [-0.2, 0) is 4.79 Å². The topological polar surface area (TPSA) is 83.6 Å². The minimum Gasteiger partial charge on any atom is -0.481 e. The van der Waals surface area contributed by atoms with Gasteiger partial charge >= 0.3 is 5.97 Å². The van der Waals surface area contributed by atoms with Gasteiger partial charge in [0.2, 0.25) is 0 Å². The molecule has 4 N–H and O–H groups in total. The minimum atomic E-state index is -0.972. The van der Waals surface area contributed by atoms with E-state index in [1.165, 1.54) is 24.3 Å². The third-order valence-electron chi connectivity index (χ3n) is 2.31. The summed E-state index contributed by atoms with van der Waals surface area (Å²) >= 11 is 0. The van der Waals surface area contributed by atoms with Crippen LogP contribution in [-0.4, -0.2) is 22.2 Å². The van der Waals surface area contributed by atoms with Crippen molar-refractivity contribution in [3.8, 4) is 0 Å². The fourth-order valence-electron chi connectivity index (χ4n) is 1.36. The zero-order valence-corrected chi connectivity index (χ0v) is 8.64. The molecule has 0 aliphatic rings. The quantitative estimate of drug-likeness (QED) is 0.702. The van der Waals surface area contributed by atoms with E-state index in [-0.39, 0.29) is 12.8 Å². The van der Waals surface area contributed by atoms with Crippen molar-refractivity contribution in [3.05, 3.63) is 35.6 Å². The van der Waals surface area contributed by atoms with Crippen LogP contribution in [0.5, 0.6) is 0 Å². The molecule has 0 heterocycles. The van der Waals surface area contributed by atoms with Crippen molar-refractivity contribution in [1.29, 1.82) is 0 Å². The number of nitrogens with two attached hydrogens (primary N) is 1. The molecule has 0 radical (unpaired) electrons. The molecular weight excluding hydrogens is 213 g/mol. The SMILES string of the molecule is NC(CCC(=O)O)C(O)c1ccc(F)cc1. The number of aliphatic hydroxyl groups excluding tert-OH is 1. The third-order valence-corrected chi connectivity index (χ3v) is 2.31. The van der Waals surface area contributed by atoms with Gasteiger partial charge in [-0.1, -0.05) is 12.1 Å². The minimum absolute atomic E-state index is 0.0978. The van der Waals surface area contributed by atoms with Crippen LogP contribution in [0.1, 0.15) is 24.5 Å². The van der Waals surface area contributed by atoms with Gasteiger partial charge in [-0.05, 0) is 24.1 Å². The standard InChI is InChI=1S/C11H14FNO3/c12-8-3-1-7(2-4-8)11(16)9(13)5-6-10(14)15/h1-4,9,11,16H,5-6,13H2,(H,14,15). The molecule has 0 amide bonds. The van der Waals surface area contributed by atoms with Crippen molar-refractivity contribution in [2.75, 3.05) is 0 Å². The van der Waals surface area contributed by atoms with Gasteiger partial charge in [0, 0.05) is 12.5 Å². The number of aliphatic hydroxyl groups is 1. The molecule has 2 atom stereocenters. The van der Waals surface area contributed by atoms with Gasteiger partial charge in [-0.15, -0.1) is 0 Å². The van der Waals surface area contributed by atoms with Gasteiger partial charge in [0.15, 0.2) is 0 Å². The molecule has 0 saturated carbocycles. The lowest BCUT2D eigenvalue weighted by Crippen LogP contribution is -2.29. The predicted molar refractivity (Wildman–Crippen MR) is 56.2 cm³/mol. The highest BCUT2D eigenvalue weighted by atomic mass is 19.1. The molecule has 0 aliphatic carbocycles. The largest absolute Gasteiger partial charge is 0.481 e. The number of rotatable bonds is 5. The number of hydrogen-bond donors (Lipinski definition) is 3. The number of carboxylic acid groups (broad SMARTS) is 1. The fraction of sp³-hybridized carbons (Fsp3) is 0.364. The molecular formula is C11H14FNO3. The van der Waals surface area contributed by atoms with Crippen molar-refractivity contribution in [2.45, 2.75) is 25.0 Å². The average molecular weight is 227 g/mol. The first-order valence-electron chi connectivity index (χ1n) is 4.91. The molecule has 1 rings (SSSR count). The Bertz CT molecular complexity index is 353. The van der Waals surface area contributed by atoms with Crippen molar-refractivity contribution in [2.24, 2.45) is 5.73 Å². The van der Waals surface area contributed by atoms with Crippen LogP contribution in [0, 0.1) is 5.82 Å². The van der Waals surface area contributed by atoms with Crippen LogP contribution < -0.4 is 5.73 Å². The van der Waals surface area contributed by atoms with E-state index in [4.69, 9.17) is 10.8 Å². The van der Waals surface area contributed by atoms with Crippen LogP contribution in [0.4, 0.5) is 4.39 Å². The van der Waals surface area contributed by atoms with E-state index >= 15 is 0 Å². The molecule has 88 valence electrons. The molecule has 16 heavy (non-hydrogen) atoms. The Morgan fingerprint density at radius 1 is 1.38 bits per heavy atom. The molecule has 0 fully saturated rings. The summed E-state index contributed by atoms with van der Waals surface area (Å²) in [7, 11) is 0. The molecule has 2 unspecified atom stereocenters. The van der Waals surface area contributed by atoms with Gasteiger partial charge in [-0.25, -0.2) is 4.39 Å². The Balaban J connectivity index is 2.59. The van der Waals surface area contributed by atoms with Crippen molar-refractivity contribution >= 4 is 5.97 Å². The maximum atomic E-state index is 12.6. The summed E-state index contributed by atoms with van der Waals surface area (Å²) in [5.41, 5.74) is 6.11. The lowest BCUT2D eigenvalue weighted by Gasteiger charge is -2.18. The summed E-state index contributed by atoms with van der Waals surface area (Å²) < 4.78 is 12.6. The number of aliphatic carboxylic acids is 1. The maximum absolute atomic E-state index is 12.6. The second-order valence-electron chi connectivity index (χ2n) is 3.59. The van der Waals surface area contributed by atoms with Crippen molar-refractivity contribution in [3.63, 3.8) is 0 Å². The second-order valence-corrected chi connectivity index (χ2v) is 3.59. The first-order valence-corrected chi connectivity index (χ1v) is 4.91. The fourth-order valence-corrected chi connectivity index (χ4v) is 1.36. The van der Waals surface area contributed by atoms with E-state index in [2.05, 4.69) is 0 Å². The van der Waals surface area contributed by atoms with E-state index in [0.29, 0.717) is 5.56 Å². The van der Waals surface area contributed by atoms with Gasteiger partial charge in [-0.3, -0.25) is 4.79 Å². The number of carbonyl (C=O) groups is 1. The molecule has 0 saturated heterocycles. The van der Waals surface area contributed by atoms with E-state index in [9.17, 15) is 14.3 Å². The Morgan fingerprint density at radius 3 is 2.44 bits per heavy atom. The highest BCUT2D eigenvalue weighted by Crippen LogP contribution is 2.18. The second kappa shape index (κ2) is 5.58. The molecule has 5 heteroatoms. The zero-order chi connectivity index (χ0) is 12.1. The van der Waals surface area contributed by atoms with Crippen LogP contribution >= 0.6 is 0 Å². The molecule has 1 aromatic carbocycles. The highest BCUT2D eigenvalue weighted by Gasteiger charge is 2.17.